The fraction of sp³-hybridized carbons (Fsp3) is 0.389. The summed E-state index contributed by atoms with van der Waals surface area (Å²) in [6.45, 7) is 5.95. The number of anilines is 1. The lowest BCUT2D eigenvalue weighted by Crippen LogP contribution is -2.37. The summed E-state index contributed by atoms with van der Waals surface area (Å²) < 4.78 is 1.99. The van der Waals surface area contributed by atoms with Crippen molar-refractivity contribution in [3.05, 3.63) is 30.0 Å². The number of nitrogens with two attached hydrogens (primary N) is 2. The van der Waals surface area contributed by atoms with E-state index in [1.54, 1.807) is 4.90 Å². The highest BCUT2D eigenvalue weighted by Gasteiger charge is 2.18. The Morgan fingerprint density at radius 3 is 2.72 bits per heavy atom. The molecule has 0 aliphatic carbocycles. The fourth-order valence-electron chi connectivity index (χ4n) is 3.24. The molecule has 2 aromatic heterocycles. The zero-order valence-electron chi connectivity index (χ0n) is 14.7. The number of aryl methyl sites for hydroxylation is 1. The Bertz CT molecular complexity index is 917. The van der Waals surface area contributed by atoms with E-state index in [0.717, 1.165) is 40.5 Å². The summed E-state index contributed by atoms with van der Waals surface area (Å²) in [5.74, 6) is 0.437. The van der Waals surface area contributed by atoms with E-state index in [1.165, 1.54) is 0 Å². The summed E-state index contributed by atoms with van der Waals surface area (Å²) in [5, 5.41) is 6.75. The number of nitrogens with zero attached hydrogens (tertiary/aromatic N) is 4. The Morgan fingerprint density at radius 1 is 1.28 bits per heavy atom. The van der Waals surface area contributed by atoms with Gasteiger partial charge in [-0.05, 0) is 19.4 Å². The van der Waals surface area contributed by atoms with E-state index >= 15 is 0 Å². The highest BCUT2D eigenvalue weighted by Crippen LogP contribution is 2.30. The Labute approximate surface area is 146 Å². The molecule has 0 fully saturated rings. The van der Waals surface area contributed by atoms with Crippen LogP contribution in [-0.2, 0) is 13.0 Å². The number of pyridine rings is 1. The van der Waals surface area contributed by atoms with Gasteiger partial charge in [0.15, 0.2) is 5.82 Å². The van der Waals surface area contributed by atoms with Crippen LogP contribution in [0.2, 0.25) is 0 Å². The highest BCUT2D eigenvalue weighted by atomic mass is 16.2. The van der Waals surface area contributed by atoms with Crippen molar-refractivity contribution < 1.29 is 4.79 Å². The van der Waals surface area contributed by atoms with Crippen molar-refractivity contribution in [2.75, 3.05) is 18.8 Å². The summed E-state index contributed by atoms with van der Waals surface area (Å²) in [5.41, 5.74) is 14.3. The Hall–Kier alpha value is -2.83. The molecular weight excluding hydrogens is 316 g/mol. The molecule has 2 heterocycles. The van der Waals surface area contributed by atoms with Crippen LogP contribution in [0.25, 0.3) is 21.8 Å². The van der Waals surface area contributed by atoms with Crippen LogP contribution in [0.3, 0.4) is 0 Å². The normalized spacial score (nSPS) is 11.3. The number of urea groups is 1. The molecule has 2 amide bonds. The molecule has 0 bridgehead atoms. The lowest BCUT2D eigenvalue weighted by molar-refractivity contribution is 0.210. The topological polar surface area (TPSA) is 103 Å². The third-order valence-corrected chi connectivity index (χ3v) is 4.46. The average molecular weight is 340 g/mol. The molecule has 7 nitrogen and oxygen atoms in total. The number of amides is 2. The number of aromatic nitrogens is 3. The number of hydrogen-bond donors (Lipinski definition) is 2. The number of rotatable bonds is 6. The number of para-hydroxylation sites is 1. The number of benzene rings is 1. The molecule has 3 rings (SSSR count). The number of likely N-dealkylation sites (N-methyl/N-ethyl adjacent to an activating group) is 1. The van der Waals surface area contributed by atoms with Crippen molar-refractivity contribution in [1.29, 1.82) is 0 Å². The summed E-state index contributed by atoms with van der Waals surface area (Å²) in [6.07, 6.45) is 1.63. The molecule has 0 atom stereocenters. The number of nitrogen functional groups attached to an aromatic ring is 1. The van der Waals surface area contributed by atoms with Crippen LogP contribution in [0.1, 0.15) is 26.0 Å². The molecule has 4 N–H and O–H groups in total. The van der Waals surface area contributed by atoms with Crippen LogP contribution >= 0.6 is 0 Å². The van der Waals surface area contributed by atoms with Gasteiger partial charge in [-0.1, -0.05) is 25.1 Å². The van der Waals surface area contributed by atoms with E-state index in [0.29, 0.717) is 25.3 Å². The number of primary amides is 1. The van der Waals surface area contributed by atoms with E-state index in [9.17, 15) is 4.79 Å². The predicted octanol–water partition coefficient (Wildman–Crippen LogP) is 2.52. The van der Waals surface area contributed by atoms with Gasteiger partial charge in [-0.3, -0.25) is 4.68 Å². The second-order valence-corrected chi connectivity index (χ2v) is 6.08. The minimum Gasteiger partial charge on any atom is -0.382 e. The van der Waals surface area contributed by atoms with Crippen LogP contribution < -0.4 is 11.5 Å². The molecule has 0 aliphatic heterocycles. The molecule has 0 aliphatic rings. The van der Waals surface area contributed by atoms with Gasteiger partial charge in [-0.25, -0.2) is 9.78 Å². The van der Waals surface area contributed by atoms with Crippen LogP contribution in [0.4, 0.5) is 10.6 Å². The van der Waals surface area contributed by atoms with Crippen LogP contribution in [0.5, 0.6) is 0 Å². The van der Waals surface area contributed by atoms with Crippen molar-refractivity contribution in [2.45, 2.75) is 33.2 Å². The van der Waals surface area contributed by atoms with Crippen LogP contribution in [0, 0.1) is 0 Å². The van der Waals surface area contributed by atoms with Crippen molar-refractivity contribution in [3.63, 3.8) is 0 Å². The maximum absolute atomic E-state index is 11.5. The molecule has 0 radical (unpaired) electrons. The molecule has 0 unspecified atom stereocenters. The molecule has 1 aromatic carbocycles. The second kappa shape index (κ2) is 6.96. The van der Waals surface area contributed by atoms with Gasteiger partial charge >= 0.3 is 6.03 Å². The van der Waals surface area contributed by atoms with E-state index in [-0.39, 0.29) is 0 Å². The SMILES string of the molecule is CCCn1nc2c(N)nc3ccccc3c2c1CCN(CC)C(N)=O. The van der Waals surface area contributed by atoms with E-state index < -0.39 is 6.03 Å². The monoisotopic (exact) mass is 340 g/mol. The Morgan fingerprint density at radius 2 is 2.04 bits per heavy atom. The third-order valence-electron chi connectivity index (χ3n) is 4.46. The Kier molecular flexibility index (Phi) is 4.74. The molecule has 0 spiro atoms. The lowest BCUT2D eigenvalue weighted by atomic mass is 10.1. The van der Waals surface area contributed by atoms with Gasteiger partial charge in [0.05, 0.1) is 5.52 Å². The second-order valence-electron chi connectivity index (χ2n) is 6.08. The van der Waals surface area contributed by atoms with Crippen LogP contribution in [0.15, 0.2) is 24.3 Å². The first-order chi connectivity index (χ1) is 12.1. The molecule has 3 aromatic rings. The standard InChI is InChI=1S/C18H24N6O/c1-3-10-24-14(9-11-23(4-2)18(20)25)15-12-7-5-6-8-13(12)21-17(19)16(15)22-24/h5-8H,3-4,9-11H2,1-2H3,(H2,19,21)(H2,20,25). The largest absolute Gasteiger partial charge is 0.382 e. The number of carbonyl (C=O) groups excluding carboxylic acids is 1. The zero-order valence-corrected chi connectivity index (χ0v) is 14.7. The molecular formula is C18H24N6O. The molecule has 0 saturated carbocycles. The van der Waals surface area contributed by atoms with Gasteiger partial charge in [-0.2, -0.15) is 5.10 Å². The minimum atomic E-state index is -0.403. The summed E-state index contributed by atoms with van der Waals surface area (Å²) in [6, 6.07) is 7.52. The number of hydrogen-bond acceptors (Lipinski definition) is 4. The van der Waals surface area contributed by atoms with Gasteiger partial charge < -0.3 is 16.4 Å². The minimum absolute atomic E-state index is 0.403. The first kappa shape index (κ1) is 17.0. The lowest BCUT2D eigenvalue weighted by Gasteiger charge is -2.18. The predicted molar refractivity (Wildman–Crippen MR) is 100 cm³/mol. The summed E-state index contributed by atoms with van der Waals surface area (Å²) in [7, 11) is 0. The number of carbonyl (C=O) groups is 1. The van der Waals surface area contributed by atoms with E-state index in [4.69, 9.17) is 16.6 Å². The van der Waals surface area contributed by atoms with Crippen molar-refractivity contribution in [2.24, 2.45) is 5.73 Å². The van der Waals surface area contributed by atoms with Gasteiger partial charge in [0.25, 0.3) is 0 Å². The van der Waals surface area contributed by atoms with Crippen molar-refractivity contribution in [3.8, 4) is 0 Å². The molecule has 7 heteroatoms. The van der Waals surface area contributed by atoms with E-state index in [1.807, 2.05) is 35.9 Å². The van der Waals surface area contributed by atoms with Gasteiger partial charge in [0.2, 0.25) is 0 Å². The summed E-state index contributed by atoms with van der Waals surface area (Å²) >= 11 is 0. The number of fused-ring (bicyclic) bond motifs is 3. The quantitative estimate of drug-likeness (QED) is 0.719. The van der Waals surface area contributed by atoms with Gasteiger partial charge in [0.1, 0.15) is 5.52 Å². The molecule has 0 saturated heterocycles. The zero-order chi connectivity index (χ0) is 18.0. The first-order valence-corrected chi connectivity index (χ1v) is 8.64. The Balaban J connectivity index is 2.16. The maximum Gasteiger partial charge on any atom is 0.314 e. The smallest absolute Gasteiger partial charge is 0.314 e. The molecule has 132 valence electrons. The van der Waals surface area contributed by atoms with E-state index in [2.05, 4.69) is 11.9 Å². The summed E-state index contributed by atoms with van der Waals surface area (Å²) in [4.78, 5) is 17.6. The van der Waals surface area contributed by atoms with Crippen molar-refractivity contribution >= 4 is 33.7 Å². The fourth-order valence-corrected chi connectivity index (χ4v) is 3.24. The maximum atomic E-state index is 11.5. The highest BCUT2D eigenvalue weighted by molar-refractivity contribution is 6.09. The van der Waals surface area contributed by atoms with Crippen LogP contribution in [-0.4, -0.2) is 38.8 Å². The van der Waals surface area contributed by atoms with Crippen molar-refractivity contribution in [1.82, 2.24) is 19.7 Å². The van der Waals surface area contributed by atoms with Gasteiger partial charge in [0, 0.05) is 42.5 Å². The third kappa shape index (κ3) is 3.09. The average Bonchev–Trinajstić information content (AvgIpc) is 2.95. The van der Waals surface area contributed by atoms with Gasteiger partial charge in [-0.15, -0.1) is 0 Å². The first-order valence-electron chi connectivity index (χ1n) is 8.64. The molecule has 25 heavy (non-hydrogen) atoms.